The van der Waals surface area contributed by atoms with Crippen molar-refractivity contribution in [1.82, 2.24) is 0 Å². The van der Waals surface area contributed by atoms with Gasteiger partial charge in [0.2, 0.25) is 0 Å². The van der Waals surface area contributed by atoms with Crippen LogP contribution in [0.2, 0.25) is 0 Å². The van der Waals surface area contributed by atoms with Crippen LogP contribution >= 0.6 is 0 Å². The molecule has 0 aromatic heterocycles. The molecule has 65 heavy (non-hydrogen) atoms. The molecule has 0 fully saturated rings. The zero-order valence-electron chi connectivity index (χ0n) is 41.1. The molecule has 0 saturated heterocycles. The van der Waals surface area contributed by atoms with Crippen molar-refractivity contribution >= 4 is 57.2 Å². The predicted molar refractivity (Wildman–Crippen MR) is 281 cm³/mol. The molecular weight excluding hydrogens is 784 g/mol. The summed E-state index contributed by atoms with van der Waals surface area (Å²) in [5, 5.41) is 0. The Kier molecular flexibility index (Phi) is 8.93. The molecule has 0 radical (unpaired) electrons. The molecule has 0 atom stereocenters. The van der Waals surface area contributed by atoms with Crippen molar-refractivity contribution in [3.8, 4) is 22.3 Å². The fourth-order valence-electron chi connectivity index (χ4n) is 13.3. The van der Waals surface area contributed by atoms with Gasteiger partial charge >= 0.3 is 0 Å². The Morgan fingerprint density at radius 3 is 1.38 bits per heavy atom. The fourth-order valence-corrected chi connectivity index (χ4v) is 13.3. The van der Waals surface area contributed by atoms with E-state index in [1.807, 2.05) is 0 Å². The molecule has 2 heterocycles. The number of aryl methyl sites for hydroxylation is 2. The monoisotopic (exact) mass is 849 g/mol. The van der Waals surface area contributed by atoms with Gasteiger partial charge in [0, 0.05) is 34.0 Å². The second-order valence-corrected chi connectivity index (χ2v) is 23.8. The van der Waals surface area contributed by atoms with Gasteiger partial charge in [0.15, 0.2) is 0 Å². The van der Waals surface area contributed by atoms with Gasteiger partial charge < -0.3 is 9.80 Å². The van der Waals surface area contributed by atoms with Crippen LogP contribution in [-0.4, -0.2) is 6.71 Å². The maximum Gasteiger partial charge on any atom is 0.252 e. The first-order valence-electron chi connectivity index (χ1n) is 24.1. The molecule has 0 amide bonds. The summed E-state index contributed by atoms with van der Waals surface area (Å²) in [4.78, 5) is 5.34. The lowest BCUT2D eigenvalue weighted by Crippen LogP contribution is -2.62. The Labute approximate surface area is 389 Å². The quantitative estimate of drug-likeness (QED) is 0.163. The molecule has 7 aromatic rings. The molecule has 0 N–H and O–H groups in total. The van der Waals surface area contributed by atoms with Crippen LogP contribution in [0, 0.1) is 13.8 Å². The van der Waals surface area contributed by atoms with Crippen LogP contribution < -0.4 is 26.2 Å². The van der Waals surface area contributed by atoms with Crippen LogP contribution in [-0.2, 0) is 27.1 Å². The van der Waals surface area contributed by atoms with E-state index < -0.39 is 0 Å². The topological polar surface area (TPSA) is 6.48 Å². The first kappa shape index (κ1) is 41.9. The summed E-state index contributed by atoms with van der Waals surface area (Å²) in [6.07, 6.45) is 2.24. The highest BCUT2D eigenvalue weighted by Crippen LogP contribution is 2.56. The standard InChI is InChI=1S/C62H65BN2/c1-38-28-55-57-56(29-38)65(52-27-25-43(58(3,4)5)31-44(52)41-22-18-15-19-23-41)54-35-48-46(60(8,9)37-62(48,12)13)33-50(54)63(57)49-32-45-47(61(10,11)36-59(45,6)7)34-53(49)64(55)51-26-24-42(30-39(51)2)40-20-16-14-17-21-40/h14-35H,36-37H2,1-13H3. The molecule has 0 spiro atoms. The average molecular weight is 849 g/mol. The lowest BCUT2D eigenvalue weighted by Gasteiger charge is -2.46. The summed E-state index contributed by atoms with van der Waals surface area (Å²) in [7, 11) is 0. The van der Waals surface area contributed by atoms with E-state index in [1.165, 1.54) is 112 Å². The van der Waals surface area contributed by atoms with Crippen molar-refractivity contribution in [2.75, 3.05) is 9.80 Å². The van der Waals surface area contributed by atoms with E-state index in [0.717, 1.165) is 12.8 Å². The van der Waals surface area contributed by atoms with Crippen LogP contribution in [0.3, 0.4) is 0 Å². The Bertz CT molecular complexity index is 3110. The Morgan fingerprint density at radius 1 is 0.431 bits per heavy atom. The van der Waals surface area contributed by atoms with Gasteiger partial charge in [-0.25, -0.2) is 0 Å². The highest BCUT2D eigenvalue weighted by atomic mass is 15.2. The number of hydrogen-bond acceptors (Lipinski definition) is 2. The molecule has 326 valence electrons. The Balaban J connectivity index is 1.27. The van der Waals surface area contributed by atoms with Crippen molar-refractivity contribution in [3.63, 3.8) is 0 Å². The van der Waals surface area contributed by atoms with Gasteiger partial charge in [0.05, 0.1) is 5.69 Å². The first-order chi connectivity index (χ1) is 30.6. The van der Waals surface area contributed by atoms with Gasteiger partial charge in [-0.1, -0.05) is 161 Å². The summed E-state index contributed by atoms with van der Waals surface area (Å²) >= 11 is 0. The largest absolute Gasteiger partial charge is 0.311 e. The highest BCUT2D eigenvalue weighted by Gasteiger charge is 2.50. The van der Waals surface area contributed by atoms with Gasteiger partial charge in [-0.3, -0.25) is 0 Å². The van der Waals surface area contributed by atoms with Gasteiger partial charge in [0.1, 0.15) is 0 Å². The summed E-state index contributed by atoms with van der Waals surface area (Å²) in [5.74, 6) is 0. The molecule has 0 bridgehead atoms. The van der Waals surface area contributed by atoms with E-state index in [2.05, 4.69) is 233 Å². The van der Waals surface area contributed by atoms with Crippen LogP contribution in [0.25, 0.3) is 22.3 Å². The van der Waals surface area contributed by atoms with Crippen molar-refractivity contribution in [1.29, 1.82) is 0 Å². The van der Waals surface area contributed by atoms with E-state index in [4.69, 9.17) is 0 Å². The van der Waals surface area contributed by atoms with Crippen LogP contribution in [0.15, 0.2) is 133 Å². The lowest BCUT2D eigenvalue weighted by atomic mass is 9.33. The van der Waals surface area contributed by atoms with E-state index >= 15 is 0 Å². The highest BCUT2D eigenvalue weighted by molar-refractivity contribution is 7.00. The summed E-state index contributed by atoms with van der Waals surface area (Å²) in [6, 6.07) is 52.0. The van der Waals surface area contributed by atoms with Crippen molar-refractivity contribution in [2.45, 2.75) is 130 Å². The molecule has 2 aliphatic heterocycles. The average Bonchev–Trinajstić information content (AvgIpc) is 3.55. The van der Waals surface area contributed by atoms with E-state index in [1.54, 1.807) is 0 Å². The van der Waals surface area contributed by atoms with Crippen molar-refractivity contribution in [2.24, 2.45) is 0 Å². The van der Waals surface area contributed by atoms with Gasteiger partial charge in [-0.05, 0) is 174 Å². The minimum Gasteiger partial charge on any atom is -0.311 e. The number of nitrogens with zero attached hydrogens (tertiary/aromatic N) is 2. The molecule has 7 aromatic carbocycles. The summed E-state index contributed by atoms with van der Waals surface area (Å²) in [6.45, 7) is 31.4. The molecule has 11 rings (SSSR count). The van der Waals surface area contributed by atoms with Gasteiger partial charge in [-0.15, -0.1) is 0 Å². The SMILES string of the molecule is Cc1cc2c3c(c1)N(c1ccc(C(C)(C)C)cc1-c1ccccc1)c1cc4c(cc1B3c1cc3c(cc1N2c1ccc(-c2ccccc2)cc1C)C(C)(C)CC3(C)C)C(C)(C)CC4(C)C. The van der Waals surface area contributed by atoms with Crippen molar-refractivity contribution < 1.29 is 0 Å². The molecule has 4 aliphatic rings. The van der Waals surface area contributed by atoms with Gasteiger partial charge in [0.25, 0.3) is 6.71 Å². The third-order valence-electron chi connectivity index (χ3n) is 15.9. The number of anilines is 6. The smallest absolute Gasteiger partial charge is 0.252 e. The number of benzene rings is 7. The number of hydrogen-bond donors (Lipinski definition) is 0. The van der Waals surface area contributed by atoms with Crippen LogP contribution in [0.1, 0.15) is 128 Å². The molecule has 2 nitrogen and oxygen atoms in total. The molecule has 2 aliphatic carbocycles. The normalized spacial score (nSPS) is 17.9. The number of rotatable bonds is 4. The second kappa shape index (κ2) is 13.9. The van der Waals surface area contributed by atoms with Crippen LogP contribution in [0.5, 0.6) is 0 Å². The third-order valence-corrected chi connectivity index (χ3v) is 15.9. The minimum absolute atomic E-state index is 0.00732. The van der Waals surface area contributed by atoms with E-state index in [-0.39, 0.29) is 33.8 Å². The summed E-state index contributed by atoms with van der Waals surface area (Å²) < 4.78 is 0. The lowest BCUT2D eigenvalue weighted by molar-refractivity contribution is 0.403. The van der Waals surface area contributed by atoms with E-state index in [9.17, 15) is 0 Å². The maximum atomic E-state index is 2.68. The predicted octanol–water partition coefficient (Wildman–Crippen LogP) is 14.9. The maximum absolute atomic E-state index is 2.68. The molecule has 3 heteroatoms. The zero-order chi connectivity index (χ0) is 45.7. The second-order valence-electron chi connectivity index (χ2n) is 23.8. The zero-order valence-corrected chi connectivity index (χ0v) is 41.1. The minimum atomic E-state index is -0.00732. The first-order valence-corrected chi connectivity index (χ1v) is 24.1. The fraction of sp³-hybridized carbons (Fsp3) is 0.323. The van der Waals surface area contributed by atoms with E-state index in [0.29, 0.717) is 0 Å². The van der Waals surface area contributed by atoms with Crippen molar-refractivity contribution in [3.05, 3.63) is 172 Å². The Morgan fingerprint density at radius 2 is 0.892 bits per heavy atom. The third kappa shape index (κ3) is 6.35. The van der Waals surface area contributed by atoms with Gasteiger partial charge in [-0.2, -0.15) is 0 Å². The number of fused-ring (bicyclic) bond motifs is 6. The van der Waals surface area contributed by atoms with Crippen LogP contribution in [0.4, 0.5) is 34.1 Å². The summed E-state index contributed by atoms with van der Waals surface area (Å²) in [5.41, 5.74) is 26.9. The Hall–Kier alpha value is -5.80. The molecular formula is C62H65BN2. The molecule has 0 saturated carbocycles. The molecule has 0 unspecified atom stereocenters.